The Morgan fingerprint density at radius 3 is 2.54 bits per heavy atom. The highest BCUT2D eigenvalue weighted by molar-refractivity contribution is 5.80. The minimum atomic E-state index is -0.645. The van der Waals surface area contributed by atoms with Gasteiger partial charge in [-0.15, -0.1) is 0 Å². The predicted molar refractivity (Wildman–Crippen MR) is 90.4 cm³/mol. The van der Waals surface area contributed by atoms with E-state index in [0.29, 0.717) is 39.2 Å². The molecule has 1 unspecified atom stereocenters. The Morgan fingerprint density at radius 1 is 1.21 bits per heavy atom. The van der Waals surface area contributed by atoms with E-state index in [-0.39, 0.29) is 29.6 Å². The molecule has 0 spiro atoms. The molecule has 0 aromatic heterocycles. The summed E-state index contributed by atoms with van der Waals surface area (Å²) in [5, 5.41) is 15.8. The molecule has 1 aliphatic carbocycles. The van der Waals surface area contributed by atoms with Crippen LogP contribution in [0.4, 0.5) is 0 Å². The average molecular weight is 344 g/mol. The number of aliphatic hydroxyl groups is 1. The van der Waals surface area contributed by atoms with Gasteiger partial charge in [-0.25, -0.2) is 0 Å². The van der Waals surface area contributed by atoms with Crippen molar-refractivity contribution >= 4 is 11.7 Å². The van der Waals surface area contributed by atoms with Crippen molar-refractivity contribution in [1.82, 2.24) is 10.6 Å². The summed E-state index contributed by atoms with van der Waals surface area (Å²) in [6, 6.07) is 0.167. The van der Waals surface area contributed by atoms with Gasteiger partial charge in [-0.05, 0) is 12.8 Å². The molecule has 1 fully saturated rings. The molecule has 7 heteroatoms. The van der Waals surface area contributed by atoms with E-state index >= 15 is 0 Å². The van der Waals surface area contributed by atoms with Gasteiger partial charge in [-0.3, -0.25) is 14.9 Å². The molecule has 140 valence electrons. The lowest BCUT2D eigenvalue weighted by molar-refractivity contribution is -0.129. The Kier molecular flexibility index (Phi) is 10.1. The van der Waals surface area contributed by atoms with Crippen molar-refractivity contribution in [3.63, 3.8) is 0 Å². The van der Waals surface area contributed by atoms with Crippen molar-refractivity contribution in [3.8, 4) is 0 Å². The zero-order valence-electron chi connectivity index (χ0n) is 15.0. The van der Waals surface area contributed by atoms with Gasteiger partial charge in [-0.1, -0.05) is 13.8 Å². The molecule has 0 heterocycles. The van der Waals surface area contributed by atoms with Gasteiger partial charge >= 0.3 is 0 Å². The molecule has 1 aliphatic rings. The number of hydrogen-bond donors (Lipinski definition) is 3. The molecule has 24 heavy (non-hydrogen) atoms. The van der Waals surface area contributed by atoms with Crippen molar-refractivity contribution in [3.05, 3.63) is 0 Å². The van der Waals surface area contributed by atoms with Crippen molar-refractivity contribution < 1.29 is 24.2 Å². The number of nitrogens with one attached hydrogen (secondary N) is 2. The Labute approximate surface area is 144 Å². The second-order valence-corrected chi connectivity index (χ2v) is 6.60. The first-order valence-electron chi connectivity index (χ1n) is 8.75. The lowest BCUT2D eigenvalue weighted by Crippen LogP contribution is -2.51. The second-order valence-electron chi connectivity index (χ2n) is 6.60. The van der Waals surface area contributed by atoms with Gasteiger partial charge in [0.05, 0.1) is 19.8 Å². The standard InChI is InChI=1S/C17H32N2O5/c1-12(2)15(20)4-7-24-8-5-16(21)19-14-10-13(11-14)17(22)18-6-9-23-3/h12-14,16,19,21H,4-11H2,1-3H3,(H,18,22)/t13-,14-,16?. The van der Waals surface area contributed by atoms with Gasteiger partial charge in [-0.2, -0.15) is 0 Å². The zero-order chi connectivity index (χ0) is 17.9. The maximum Gasteiger partial charge on any atom is 0.223 e. The summed E-state index contributed by atoms with van der Waals surface area (Å²) in [5.41, 5.74) is 0. The van der Waals surface area contributed by atoms with Crippen molar-refractivity contribution in [2.45, 2.75) is 51.8 Å². The zero-order valence-corrected chi connectivity index (χ0v) is 15.0. The van der Waals surface area contributed by atoms with Gasteiger partial charge < -0.3 is 19.9 Å². The van der Waals surface area contributed by atoms with Crippen LogP contribution >= 0.6 is 0 Å². The van der Waals surface area contributed by atoms with Gasteiger partial charge in [0, 0.05) is 44.4 Å². The Balaban J connectivity index is 2.00. The van der Waals surface area contributed by atoms with Crippen LogP contribution in [0.15, 0.2) is 0 Å². The SMILES string of the molecule is COCCNC(=O)[C@H]1C[C@H](NC(O)CCOCCC(=O)C(C)C)C1. The van der Waals surface area contributed by atoms with Gasteiger partial charge in [0.2, 0.25) is 5.91 Å². The van der Waals surface area contributed by atoms with E-state index < -0.39 is 6.23 Å². The maximum absolute atomic E-state index is 11.8. The summed E-state index contributed by atoms with van der Waals surface area (Å²) in [5.74, 6) is 0.305. The summed E-state index contributed by atoms with van der Waals surface area (Å²) in [6.45, 7) is 5.61. The predicted octanol–water partition coefficient (Wildman–Crippen LogP) is 0.458. The number of methoxy groups -OCH3 is 1. The van der Waals surface area contributed by atoms with E-state index in [1.807, 2.05) is 13.8 Å². The van der Waals surface area contributed by atoms with Crippen LogP contribution in [0.5, 0.6) is 0 Å². The molecule has 3 N–H and O–H groups in total. The third-order valence-electron chi connectivity index (χ3n) is 4.21. The smallest absolute Gasteiger partial charge is 0.223 e. The molecule has 0 aromatic rings. The van der Waals surface area contributed by atoms with E-state index in [9.17, 15) is 14.7 Å². The maximum atomic E-state index is 11.8. The fourth-order valence-corrected chi connectivity index (χ4v) is 2.50. The monoisotopic (exact) mass is 344 g/mol. The van der Waals surface area contributed by atoms with Gasteiger partial charge in [0.15, 0.2) is 0 Å². The van der Waals surface area contributed by atoms with Crippen LogP contribution in [-0.4, -0.2) is 62.5 Å². The fraction of sp³-hybridized carbons (Fsp3) is 0.882. The molecule has 1 amide bonds. The largest absolute Gasteiger partial charge is 0.383 e. The minimum absolute atomic E-state index is 0.0184. The Morgan fingerprint density at radius 2 is 1.92 bits per heavy atom. The van der Waals surface area contributed by atoms with E-state index in [4.69, 9.17) is 9.47 Å². The second kappa shape index (κ2) is 11.5. The fourth-order valence-electron chi connectivity index (χ4n) is 2.50. The number of carbonyl (C=O) groups is 2. The molecular formula is C17H32N2O5. The molecule has 1 atom stereocenters. The quantitative estimate of drug-likeness (QED) is 0.332. The van der Waals surface area contributed by atoms with E-state index in [1.165, 1.54) is 0 Å². The van der Waals surface area contributed by atoms with Crippen LogP contribution in [0.1, 0.15) is 39.5 Å². The highest BCUT2D eigenvalue weighted by Crippen LogP contribution is 2.27. The Bertz CT molecular complexity index is 383. The lowest BCUT2D eigenvalue weighted by atomic mass is 9.79. The van der Waals surface area contributed by atoms with Crippen LogP contribution in [0.25, 0.3) is 0 Å². The number of ether oxygens (including phenoxy) is 2. The first-order valence-corrected chi connectivity index (χ1v) is 8.75. The summed E-state index contributed by atoms with van der Waals surface area (Å²) in [6.07, 6.45) is 1.72. The lowest BCUT2D eigenvalue weighted by Gasteiger charge is -2.36. The van der Waals surface area contributed by atoms with E-state index in [2.05, 4.69) is 10.6 Å². The molecule has 0 radical (unpaired) electrons. The molecule has 1 rings (SSSR count). The summed E-state index contributed by atoms with van der Waals surface area (Å²) in [7, 11) is 1.60. The molecule has 0 bridgehead atoms. The van der Waals surface area contributed by atoms with Crippen molar-refractivity contribution in [1.29, 1.82) is 0 Å². The summed E-state index contributed by atoms with van der Waals surface area (Å²) >= 11 is 0. The Hall–Kier alpha value is -1.02. The number of carbonyl (C=O) groups excluding carboxylic acids is 2. The number of ketones is 1. The van der Waals surface area contributed by atoms with Crippen molar-refractivity contribution in [2.75, 3.05) is 33.5 Å². The van der Waals surface area contributed by atoms with Crippen LogP contribution in [0.3, 0.4) is 0 Å². The average Bonchev–Trinajstić information content (AvgIpc) is 2.49. The third kappa shape index (κ3) is 8.19. The topological polar surface area (TPSA) is 96.9 Å². The third-order valence-corrected chi connectivity index (χ3v) is 4.21. The summed E-state index contributed by atoms with van der Waals surface area (Å²) in [4.78, 5) is 23.2. The number of aliphatic hydroxyl groups excluding tert-OH is 1. The number of hydrogen-bond acceptors (Lipinski definition) is 6. The molecule has 0 aromatic carbocycles. The number of rotatable bonds is 13. The molecule has 0 saturated heterocycles. The number of amides is 1. The van der Waals surface area contributed by atoms with Crippen LogP contribution in [-0.2, 0) is 19.1 Å². The van der Waals surface area contributed by atoms with E-state index in [0.717, 1.165) is 12.8 Å². The van der Waals surface area contributed by atoms with E-state index in [1.54, 1.807) is 7.11 Å². The summed E-state index contributed by atoms with van der Waals surface area (Å²) < 4.78 is 10.3. The highest BCUT2D eigenvalue weighted by Gasteiger charge is 2.34. The van der Waals surface area contributed by atoms with Crippen LogP contribution in [0, 0.1) is 11.8 Å². The normalized spacial score (nSPS) is 21.4. The highest BCUT2D eigenvalue weighted by atomic mass is 16.5. The first kappa shape index (κ1) is 21.0. The van der Waals surface area contributed by atoms with Crippen molar-refractivity contribution in [2.24, 2.45) is 11.8 Å². The van der Waals surface area contributed by atoms with Crippen LogP contribution < -0.4 is 10.6 Å². The molecule has 1 saturated carbocycles. The minimum Gasteiger partial charge on any atom is -0.383 e. The molecule has 0 aliphatic heterocycles. The molecular weight excluding hydrogens is 312 g/mol. The molecule has 7 nitrogen and oxygen atoms in total. The number of Topliss-reactive ketones (excluding diaryl/α,β-unsaturated/α-hetero) is 1. The van der Waals surface area contributed by atoms with Gasteiger partial charge in [0.1, 0.15) is 12.0 Å². The first-order chi connectivity index (χ1) is 11.4. The van der Waals surface area contributed by atoms with Crippen LogP contribution in [0.2, 0.25) is 0 Å². The van der Waals surface area contributed by atoms with Gasteiger partial charge in [0.25, 0.3) is 0 Å².